The molecule has 3 heterocycles. The van der Waals surface area contributed by atoms with Crippen LogP contribution in [0.3, 0.4) is 0 Å². The Morgan fingerprint density at radius 3 is 2.53 bits per heavy atom. The van der Waals surface area contributed by atoms with Crippen molar-refractivity contribution in [2.75, 3.05) is 31.2 Å². The van der Waals surface area contributed by atoms with E-state index in [4.69, 9.17) is 9.84 Å². The van der Waals surface area contributed by atoms with Gasteiger partial charge in [0.2, 0.25) is 0 Å². The smallest absolute Gasteiger partial charge is 0.387 e. The van der Waals surface area contributed by atoms with Crippen molar-refractivity contribution < 1.29 is 23.0 Å². The Kier molecular flexibility index (Phi) is 6.13. The zero-order valence-electron chi connectivity index (χ0n) is 18.4. The van der Waals surface area contributed by atoms with Crippen LogP contribution in [0.25, 0.3) is 5.65 Å². The minimum atomic E-state index is -4.43. The second-order valence-electron chi connectivity index (χ2n) is 8.10. The monoisotopic (exact) mass is 448 g/mol. The largest absolute Gasteiger partial charge is 0.416 e. The maximum Gasteiger partial charge on any atom is 0.416 e. The molecule has 0 radical (unpaired) electrons. The van der Waals surface area contributed by atoms with E-state index in [0.717, 1.165) is 17.4 Å². The molecule has 1 N–H and O–H groups in total. The maximum absolute atomic E-state index is 13.4. The summed E-state index contributed by atoms with van der Waals surface area (Å²) in [5.74, 6) is 0.772. The van der Waals surface area contributed by atoms with Gasteiger partial charge in [0, 0.05) is 25.1 Å². The number of aliphatic hydroxyl groups is 1. The van der Waals surface area contributed by atoms with Crippen molar-refractivity contribution in [3.63, 3.8) is 0 Å². The number of ether oxygens (including phenoxy) is 1. The van der Waals surface area contributed by atoms with Gasteiger partial charge in [0.25, 0.3) is 0 Å². The molecule has 3 aromatic rings. The van der Waals surface area contributed by atoms with E-state index in [1.54, 1.807) is 17.5 Å². The number of halogens is 3. The number of nitrogens with zero attached hydrogens (tertiary/aromatic N) is 4. The predicted octanol–water partition coefficient (Wildman–Crippen LogP) is 4.10. The van der Waals surface area contributed by atoms with E-state index < -0.39 is 17.8 Å². The third-order valence-corrected chi connectivity index (χ3v) is 5.99. The lowest BCUT2D eigenvalue weighted by Crippen LogP contribution is -2.37. The molecule has 0 amide bonds. The quantitative estimate of drug-likeness (QED) is 0.637. The molecule has 4 rings (SSSR count). The van der Waals surface area contributed by atoms with E-state index in [0.29, 0.717) is 55.3 Å². The first-order chi connectivity index (χ1) is 15.2. The second kappa shape index (κ2) is 8.71. The summed E-state index contributed by atoms with van der Waals surface area (Å²) in [5.41, 5.74) is 2.67. The molecule has 1 unspecified atom stereocenters. The Bertz CT molecular complexity index is 1120. The van der Waals surface area contributed by atoms with E-state index in [1.807, 2.05) is 13.0 Å². The highest BCUT2D eigenvalue weighted by atomic mass is 19.4. The summed E-state index contributed by atoms with van der Waals surface area (Å²) in [4.78, 5) is 6.78. The topological polar surface area (TPSA) is 62.9 Å². The Hall–Kier alpha value is -2.65. The van der Waals surface area contributed by atoms with Crippen LogP contribution in [0.2, 0.25) is 0 Å². The highest BCUT2D eigenvalue weighted by Crippen LogP contribution is 2.34. The average Bonchev–Trinajstić information content (AvgIpc) is 3.13. The second-order valence-corrected chi connectivity index (χ2v) is 8.10. The molecule has 1 aliphatic rings. The van der Waals surface area contributed by atoms with Crippen LogP contribution in [0.4, 0.5) is 19.0 Å². The number of fused-ring (bicyclic) bond motifs is 1. The summed E-state index contributed by atoms with van der Waals surface area (Å²) in [6.45, 7) is 7.75. The molecule has 2 aromatic heterocycles. The van der Waals surface area contributed by atoms with Gasteiger partial charge in [0.15, 0.2) is 5.65 Å². The molecule has 9 heteroatoms. The molecule has 0 bridgehead atoms. The standard InChI is InChI=1S/C23H27F3N4O2/c1-4-16-13-20(29-8-10-32-11-9-29)28-30-19(21(15(3)31)27-22(16)30)12-17-6-5-7-18(14(17)2)23(24,25)26/h5-7,13,15,31H,4,8-12H2,1-3H3. The minimum absolute atomic E-state index is 0.173. The van der Waals surface area contributed by atoms with Gasteiger partial charge in [0.05, 0.1) is 36.3 Å². The number of hydrogen-bond donors (Lipinski definition) is 1. The zero-order valence-corrected chi connectivity index (χ0v) is 18.4. The molecule has 32 heavy (non-hydrogen) atoms. The van der Waals surface area contributed by atoms with Crippen molar-refractivity contribution in [1.29, 1.82) is 0 Å². The number of anilines is 1. The highest BCUT2D eigenvalue weighted by molar-refractivity contribution is 5.56. The van der Waals surface area contributed by atoms with Gasteiger partial charge in [-0.25, -0.2) is 9.50 Å². The number of aliphatic hydroxyl groups excluding tert-OH is 1. The molecular weight excluding hydrogens is 421 g/mol. The van der Waals surface area contributed by atoms with Gasteiger partial charge in [0.1, 0.15) is 5.82 Å². The van der Waals surface area contributed by atoms with E-state index in [9.17, 15) is 18.3 Å². The number of alkyl halides is 3. The molecule has 0 saturated carbocycles. The fourth-order valence-corrected chi connectivity index (χ4v) is 4.20. The van der Waals surface area contributed by atoms with Gasteiger partial charge >= 0.3 is 6.18 Å². The number of imidazole rings is 1. The summed E-state index contributed by atoms with van der Waals surface area (Å²) >= 11 is 0. The Morgan fingerprint density at radius 2 is 1.91 bits per heavy atom. The molecule has 6 nitrogen and oxygen atoms in total. The predicted molar refractivity (Wildman–Crippen MR) is 115 cm³/mol. The van der Waals surface area contributed by atoms with Crippen LogP contribution in [-0.2, 0) is 23.8 Å². The number of morpholine rings is 1. The Balaban J connectivity index is 1.87. The molecule has 0 aliphatic carbocycles. The van der Waals surface area contributed by atoms with Crippen LogP contribution in [0.15, 0.2) is 24.3 Å². The summed E-state index contributed by atoms with van der Waals surface area (Å²) in [6, 6.07) is 6.19. The molecule has 1 atom stereocenters. The highest BCUT2D eigenvalue weighted by Gasteiger charge is 2.33. The van der Waals surface area contributed by atoms with Crippen LogP contribution < -0.4 is 4.90 Å². The number of aromatic nitrogens is 3. The first-order valence-electron chi connectivity index (χ1n) is 10.8. The van der Waals surface area contributed by atoms with Gasteiger partial charge in [-0.3, -0.25) is 0 Å². The van der Waals surface area contributed by atoms with Crippen LogP contribution in [0.5, 0.6) is 0 Å². The summed E-state index contributed by atoms with van der Waals surface area (Å²) in [5, 5.41) is 15.2. The molecule has 1 fully saturated rings. The van der Waals surface area contributed by atoms with Gasteiger partial charge in [-0.05, 0) is 43.5 Å². The minimum Gasteiger partial charge on any atom is -0.387 e. The van der Waals surface area contributed by atoms with Crippen LogP contribution >= 0.6 is 0 Å². The van der Waals surface area contributed by atoms with E-state index >= 15 is 0 Å². The SMILES string of the molecule is CCc1cc(N2CCOCC2)nn2c(Cc3cccc(C(F)(F)F)c3C)c(C(C)O)nc12. The normalized spacial score (nSPS) is 16.0. The van der Waals surface area contributed by atoms with Crippen LogP contribution in [0.1, 0.15) is 53.6 Å². The molecular formula is C23H27F3N4O2. The first-order valence-corrected chi connectivity index (χ1v) is 10.8. The Morgan fingerprint density at radius 1 is 1.19 bits per heavy atom. The van der Waals surface area contributed by atoms with E-state index in [-0.39, 0.29) is 12.0 Å². The van der Waals surface area contributed by atoms with E-state index in [1.165, 1.54) is 13.0 Å². The van der Waals surface area contributed by atoms with Gasteiger partial charge in [-0.2, -0.15) is 13.2 Å². The number of aryl methyl sites for hydroxylation is 1. The van der Waals surface area contributed by atoms with Crippen LogP contribution in [-0.4, -0.2) is 46.0 Å². The zero-order chi connectivity index (χ0) is 23.0. The Labute approximate surface area is 184 Å². The summed E-state index contributed by atoms with van der Waals surface area (Å²) in [7, 11) is 0. The molecule has 1 aromatic carbocycles. The molecule has 1 saturated heterocycles. The fraction of sp³-hybridized carbons (Fsp3) is 0.478. The molecule has 172 valence electrons. The fourth-order valence-electron chi connectivity index (χ4n) is 4.20. The average molecular weight is 448 g/mol. The van der Waals surface area contributed by atoms with Crippen molar-refractivity contribution in [2.45, 2.75) is 45.9 Å². The molecule has 1 aliphatic heterocycles. The maximum atomic E-state index is 13.4. The van der Waals surface area contributed by atoms with Crippen molar-refractivity contribution in [2.24, 2.45) is 0 Å². The van der Waals surface area contributed by atoms with Gasteiger partial charge in [-0.1, -0.05) is 19.1 Å². The van der Waals surface area contributed by atoms with Gasteiger partial charge in [-0.15, -0.1) is 5.10 Å². The number of rotatable bonds is 5. The number of hydrogen-bond acceptors (Lipinski definition) is 5. The lowest BCUT2D eigenvalue weighted by Gasteiger charge is -2.28. The first kappa shape index (κ1) is 22.5. The van der Waals surface area contributed by atoms with Crippen molar-refractivity contribution in [1.82, 2.24) is 14.6 Å². The summed E-state index contributed by atoms with van der Waals surface area (Å²) in [6.07, 6.45) is -4.42. The van der Waals surface area contributed by atoms with E-state index in [2.05, 4.69) is 9.88 Å². The van der Waals surface area contributed by atoms with Crippen molar-refractivity contribution in [3.05, 3.63) is 57.9 Å². The third kappa shape index (κ3) is 4.19. The summed E-state index contributed by atoms with van der Waals surface area (Å²) < 4.78 is 47.5. The van der Waals surface area contributed by atoms with Crippen molar-refractivity contribution >= 4 is 11.5 Å². The molecule has 0 spiro atoms. The lowest BCUT2D eigenvalue weighted by atomic mass is 9.97. The van der Waals surface area contributed by atoms with Crippen molar-refractivity contribution in [3.8, 4) is 0 Å². The lowest BCUT2D eigenvalue weighted by molar-refractivity contribution is -0.138. The third-order valence-electron chi connectivity index (χ3n) is 5.99. The van der Waals surface area contributed by atoms with Crippen LogP contribution in [0, 0.1) is 6.92 Å². The van der Waals surface area contributed by atoms with Gasteiger partial charge < -0.3 is 14.7 Å². The number of benzene rings is 1.